The van der Waals surface area contributed by atoms with Gasteiger partial charge in [0.25, 0.3) is 0 Å². The number of hydrogen-bond acceptors (Lipinski definition) is 4. The fourth-order valence-corrected chi connectivity index (χ4v) is 4.69. The third kappa shape index (κ3) is 4.14. The van der Waals surface area contributed by atoms with Gasteiger partial charge >= 0.3 is 0 Å². The zero-order chi connectivity index (χ0) is 21.2. The van der Waals surface area contributed by atoms with E-state index in [-0.39, 0.29) is 12.2 Å². The normalized spacial score (nSPS) is 19.3. The first-order valence-corrected chi connectivity index (χ1v) is 11.2. The van der Waals surface area contributed by atoms with E-state index in [1.165, 1.54) is 11.1 Å². The zero-order valence-corrected chi connectivity index (χ0v) is 18.0. The van der Waals surface area contributed by atoms with Crippen LogP contribution >= 0.6 is 0 Å². The highest BCUT2D eigenvalue weighted by Gasteiger charge is 2.30. The summed E-state index contributed by atoms with van der Waals surface area (Å²) in [5.74, 6) is 1.000. The van der Waals surface area contributed by atoms with Crippen LogP contribution in [0.25, 0.3) is 11.3 Å². The van der Waals surface area contributed by atoms with Crippen molar-refractivity contribution < 1.29 is 4.74 Å². The Morgan fingerprint density at radius 2 is 1.84 bits per heavy atom. The van der Waals surface area contributed by atoms with E-state index in [1.54, 1.807) is 0 Å². The van der Waals surface area contributed by atoms with Crippen molar-refractivity contribution in [3.63, 3.8) is 0 Å². The lowest BCUT2D eigenvalue weighted by Crippen LogP contribution is -2.35. The standard InChI is InChI=1S/C26H28N4O/c1-29-15-12-22(13-16-29)31-25-23-5-3-2-4-20(23)11-17-30-18-24(28-26(25)30)21-8-6-19(7-9-21)10-14-27/h2-9,18,22,25H,10-13,15-17H2,1H3. The summed E-state index contributed by atoms with van der Waals surface area (Å²) in [5, 5.41) is 8.92. The number of nitriles is 1. The molecule has 3 heterocycles. The molecule has 158 valence electrons. The number of hydrogen-bond donors (Lipinski definition) is 0. The molecule has 0 aliphatic carbocycles. The molecule has 1 unspecified atom stereocenters. The second-order valence-electron chi connectivity index (χ2n) is 8.68. The topological polar surface area (TPSA) is 54.1 Å². The Hall–Kier alpha value is -2.94. The van der Waals surface area contributed by atoms with Crippen LogP contribution in [0.1, 0.15) is 41.5 Å². The van der Waals surface area contributed by atoms with Crippen LogP contribution in [0.15, 0.2) is 54.7 Å². The molecule has 5 heteroatoms. The van der Waals surface area contributed by atoms with Crippen molar-refractivity contribution in [3.05, 3.63) is 77.2 Å². The highest BCUT2D eigenvalue weighted by molar-refractivity contribution is 5.59. The Labute approximate surface area is 183 Å². The van der Waals surface area contributed by atoms with Gasteiger partial charge in [0.1, 0.15) is 11.9 Å². The van der Waals surface area contributed by atoms with Crippen LogP contribution in [0, 0.1) is 11.3 Å². The molecule has 0 spiro atoms. The lowest BCUT2D eigenvalue weighted by molar-refractivity contribution is -0.0275. The van der Waals surface area contributed by atoms with Crippen molar-refractivity contribution in [2.75, 3.05) is 20.1 Å². The Kier molecular flexibility index (Phi) is 5.59. The Morgan fingerprint density at radius 1 is 1.06 bits per heavy atom. The summed E-state index contributed by atoms with van der Waals surface area (Å²) < 4.78 is 9.04. The van der Waals surface area contributed by atoms with Gasteiger partial charge in [0.05, 0.1) is 24.3 Å². The van der Waals surface area contributed by atoms with Gasteiger partial charge in [0.2, 0.25) is 0 Å². The molecule has 3 aromatic rings. The molecular weight excluding hydrogens is 384 g/mol. The average molecular weight is 413 g/mol. The van der Waals surface area contributed by atoms with E-state index in [2.05, 4.69) is 65.2 Å². The molecule has 1 atom stereocenters. The smallest absolute Gasteiger partial charge is 0.143 e. The van der Waals surface area contributed by atoms with E-state index in [0.717, 1.165) is 61.5 Å². The van der Waals surface area contributed by atoms with Gasteiger partial charge in [0, 0.05) is 31.4 Å². The zero-order valence-electron chi connectivity index (χ0n) is 18.0. The number of rotatable bonds is 4. The number of benzene rings is 2. The van der Waals surface area contributed by atoms with Crippen LogP contribution < -0.4 is 0 Å². The fraction of sp³-hybridized carbons (Fsp3) is 0.385. The van der Waals surface area contributed by atoms with Gasteiger partial charge in [0.15, 0.2) is 0 Å². The molecule has 0 amide bonds. The number of aryl methyl sites for hydroxylation is 2. The van der Waals surface area contributed by atoms with Crippen LogP contribution in [-0.4, -0.2) is 40.7 Å². The summed E-state index contributed by atoms with van der Waals surface area (Å²) in [6.45, 7) is 3.06. The van der Waals surface area contributed by atoms with E-state index in [4.69, 9.17) is 15.0 Å². The van der Waals surface area contributed by atoms with Crippen LogP contribution in [0.3, 0.4) is 0 Å². The van der Waals surface area contributed by atoms with Crippen molar-refractivity contribution in [1.29, 1.82) is 5.26 Å². The van der Waals surface area contributed by atoms with Gasteiger partial charge in [-0.25, -0.2) is 4.98 Å². The molecule has 0 saturated carbocycles. The number of fused-ring (bicyclic) bond motifs is 2. The summed E-state index contributed by atoms with van der Waals surface area (Å²) >= 11 is 0. The van der Waals surface area contributed by atoms with Crippen molar-refractivity contribution in [1.82, 2.24) is 14.5 Å². The molecule has 0 N–H and O–H groups in total. The van der Waals surface area contributed by atoms with Crippen molar-refractivity contribution in [3.8, 4) is 17.3 Å². The molecule has 1 aromatic heterocycles. The minimum atomic E-state index is -0.140. The summed E-state index contributed by atoms with van der Waals surface area (Å²) in [6, 6.07) is 19.0. The molecule has 1 saturated heterocycles. The average Bonchev–Trinajstić information content (AvgIpc) is 3.16. The predicted molar refractivity (Wildman–Crippen MR) is 121 cm³/mol. The molecule has 2 aliphatic heterocycles. The highest BCUT2D eigenvalue weighted by Crippen LogP contribution is 2.35. The number of piperidine rings is 1. The minimum Gasteiger partial charge on any atom is -0.362 e. The number of imidazole rings is 1. The van der Waals surface area contributed by atoms with E-state index in [0.29, 0.717) is 6.42 Å². The maximum atomic E-state index is 8.92. The summed E-state index contributed by atoms with van der Waals surface area (Å²) in [7, 11) is 2.18. The second kappa shape index (κ2) is 8.66. The quantitative estimate of drug-likeness (QED) is 0.638. The number of aromatic nitrogens is 2. The molecule has 2 aliphatic rings. The highest BCUT2D eigenvalue weighted by atomic mass is 16.5. The maximum Gasteiger partial charge on any atom is 0.143 e. The van der Waals surface area contributed by atoms with E-state index >= 15 is 0 Å². The van der Waals surface area contributed by atoms with Gasteiger partial charge in [-0.1, -0.05) is 48.5 Å². The van der Waals surface area contributed by atoms with Gasteiger partial charge in [-0.15, -0.1) is 0 Å². The van der Waals surface area contributed by atoms with Crippen LogP contribution in [0.2, 0.25) is 0 Å². The van der Waals surface area contributed by atoms with Crippen molar-refractivity contribution in [2.24, 2.45) is 0 Å². The van der Waals surface area contributed by atoms with Gasteiger partial charge in [-0.05, 0) is 43.0 Å². The van der Waals surface area contributed by atoms with E-state index < -0.39 is 0 Å². The summed E-state index contributed by atoms with van der Waals surface area (Å²) in [4.78, 5) is 7.45. The molecule has 5 nitrogen and oxygen atoms in total. The molecule has 2 aromatic carbocycles. The van der Waals surface area contributed by atoms with Crippen molar-refractivity contribution in [2.45, 2.75) is 44.4 Å². The number of nitrogens with zero attached hydrogens (tertiary/aromatic N) is 4. The molecular formula is C26H28N4O. The molecule has 0 radical (unpaired) electrons. The Balaban J connectivity index is 1.49. The lowest BCUT2D eigenvalue weighted by Gasteiger charge is -2.32. The molecule has 5 rings (SSSR count). The summed E-state index contributed by atoms with van der Waals surface area (Å²) in [6.07, 6.45) is 5.80. The summed E-state index contributed by atoms with van der Waals surface area (Å²) in [5.41, 5.74) is 5.68. The third-order valence-corrected chi connectivity index (χ3v) is 6.53. The maximum absolute atomic E-state index is 8.92. The Bertz CT molecular complexity index is 1090. The van der Waals surface area contributed by atoms with Crippen LogP contribution in [0.5, 0.6) is 0 Å². The van der Waals surface area contributed by atoms with Gasteiger partial charge < -0.3 is 14.2 Å². The van der Waals surface area contributed by atoms with E-state index in [1.807, 2.05) is 12.1 Å². The lowest BCUT2D eigenvalue weighted by atomic mass is 10.00. The molecule has 31 heavy (non-hydrogen) atoms. The first-order valence-electron chi connectivity index (χ1n) is 11.2. The van der Waals surface area contributed by atoms with Gasteiger partial charge in [-0.2, -0.15) is 5.26 Å². The third-order valence-electron chi connectivity index (χ3n) is 6.53. The first-order chi connectivity index (χ1) is 15.2. The van der Waals surface area contributed by atoms with Gasteiger partial charge in [-0.3, -0.25) is 0 Å². The molecule has 1 fully saturated rings. The first kappa shape index (κ1) is 20.0. The molecule has 0 bridgehead atoms. The number of ether oxygens (including phenoxy) is 1. The number of likely N-dealkylation sites (tertiary alicyclic amines) is 1. The van der Waals surface area contributed by atoms with Crippen LogP contribution in [-0.2, 0) is 24.1 Å². The predicted octanol–water partition coefficient (Wildman–Crippen LogP) is 4.37. The van der Waals surface area contributed by atoms with Crippen molar-refractivity contribution >= 4 is 0 Å². The largest absolute Gasteiger partial charge is 0.362 e. The minimum absolute atomic E-state index is 0.140. The van der Waals surface area contributed by atoms with Crippen LogP contribution in [0.4, 0.5) is 0 Å². The van der Waals surface area contributed by atoms with E-state index in [9.17, 15) is 0 Å². The Morgan fingerprint density at radius 3 is 2.61 bits per heavy atom. The fourth-order valence-electron chi connectivity index (χ4n) is 4.69. The second-order valence-corrected chi connectivity index (χ2v) is 8.68. The SMILES string of the molecule is CN1CCC(OC2c3ccccc3CCn3cc(-c4ccc(CC#N)cc4)nc32)CC1. The monoisotopic (exact) mass is 412 g/mol.